The fourth-order valence-corrected chi connectivity index (χ4v) is 2.77. The average Bonchev–Trinajstić information content (AvgIpc) is 3.04. The maximum atomic E-state index is 12.5. The molecule has 0 unspecified atom stereocenters. The molecule has 3 rings (SSSR count). The van der Waals surface area contributed by atoms with E-state index in [1.54, 1.807) is 28.6 Å². The van der Waals surface area contributed by atoms with Crippen LogP contribution >= 0.6 is 0 Å². The molecule has 2 aromatic rings. The number of morpholine rings is 1. The normalized spacial score (nSPS) is 14.4. The number of esters is 1. The summed E-state index contributed by atoms with van der Waals surface area (Å²) in [5, 5.41) is 4.26. The van der Waals surface area contributed by atoms with Gasteiger partial charge in [-0.3, -0.25) is 4.79 Å². The largest absolute Gasteiger partial charge is 0.462 e. The Morgan fingerprint density at radius 3 is 2.52 bits per heavy atom. The van der Waals surface area contributed by atoms with E-state index in [0.29, 0.717) is 49.7 Å². The fourth-order valence-electron chi connectivity index (χ4n) is 2.77. The molecule has 1 aliphatic heterocycles. The third-order valence-corrected chi connectivity index (χ3v) is 4.16. The van der Waals surface area contributed by atoms with Crippen LogP contribution in [0.5, 0.6) is 0 Å². The third-order valence-electron chi connectivity index (χ3n) is 4.16. The number of nitrogens with zero attached hydrogens (tertiary/aromatic N) is 3. The molecule has 1 aromatic heterocycles. The van der Waals surface area contributed by atoms with Gasteiger partial charge in [-0.15, -0.1) is 0 Å². The van der Waals surface area contributed by atoms with Crippen molar-refractivity contribution in [2.45, 2.75) is 13.8 Å². The Bertz CT molecular complexity index is 761. The van der Waals surface area contributed by atoms with E-state index in [0.717, 1.165) is 5.69 Å². The van der Waals surface area contributed by atoms with Crippen molar-refractivity contribution in [1.29, 1.82) is 0 Å². The van der Waals surface area contributed by atoms with Gasteiger partial charge >= 0.3 is 5.97 Å². The van der Waals surface area contributed by atoms with Crippen LogP contribution < -0.4 is 0 Å². The first-order chi connectivity index (χ1) is 12.1. The van der Waals surface area contributed by atoms with Crippen LogP contribution in [0.4, 0.5) is 0 Å². The molecule has 1 amide bonds. The number of benzene rings is 1. The van der Waals surface area contributed by atoms with Crippen molar-refractivity contribution in [2.75, 3.05) is 32.9 Å². The first-order valence-corrected chi connectivity index (χ1v) is 8.31. The Morgan fingerprint density at radius 2 is 1.88 bits per heavy atom. The Morgan fingerprint density at radius 1 is 1.20 bits per heavy atom. The summed E-state index contributed by atoms with van der Waals surface area (Å²) in [7, 11) is 0. The minimum Gasteiger partial charge on any atom is -0.462 e. The summed E-state index contributed by atoms with van der Waals surface area (Å²) in [6.45, 7) is 6.28. The molecule has 1 aliphatic rings. The lowest BCUT2D eigenvalue weighted by atomic mass is 10.1. The lowest BCUT2D eigenvalue weighted by molar-refractivity contribution is 0.0303. The number of rotatable bonds is 4. The molecule has 0 bridgehead atoms. The van der Waals surface area contributed by atoms with E-state index >= 15 is 0 Å². The van der Waals surface area contributed by atoms with Crippen LogP contribution in [0, 0.1) is 6.92 Å². The number of carbonyl (C=O) groups excluding carboxylic acids is 2. The maximum absolute atomic E-state index is 12.5. The molecule has 132 valence electrons. The molecule has 0 N–H and O–H groups in total. The molecule has 0 atom stereocenters. The Hall–Kier alpha value is -2.67. The van der Waals surface area contributed by atoms with Crippen LogP contribution in [0.3, 0.4) is 0 Å². The highest BCUT2D eigenvalue weighted by molar-refractivity contribution is 5.94. The number of hydrogen-bond acceptors (Lipinski definition) is 5. The number of aromatic nitrogens is 2. The van der Waals surface area contributed by atoms with Crippen molar-refractivity contribution in [1.82, 2.24) is 14.7 Å². The van der Waals surface area contributed by atoms with E-state index < -0.39 is 0 Å². The summed E-state index contributed by atoms with van der Waals surface area (Å²) in [5.41, 5.74) is 2.55. The van der Waals surface area contributed by atoms with Crippen molar-refractivity contribution in [3.8, 4) is 5.69 Å². The Kier molecular flexibility index (Phi) is 5.14. The highest BCUT2D eigenvalue weighted by Gasteiger charge is 2.19. The monoisotopic (exact) mass is 343 g/mol. The third kappa shape index (κ3) is 3.56. The highest BCUT2D eigenvalue weighted by atomic mass is 16.5. The van der Waals surface area contributed by atoms with Crippen molar-refractivity contribution in [3.05, 3.63) is 47.3 Å². The van der Waals surface area contributed by atoms with Gasteiger partial charge < -0.3 is 14.4 Å². The topological polar surface area (TPSA) is 73.7 Å². The Labute approximate surface area is 146 Å². The lowest BCUT2D eigenvalue weighted by Gasteiger charge is -2.26. The number of hydrogen-bond donors (Lipinski definition) is 0. The molecule has 0 saturated carbocycles. The van der Waals surface area contributed by atoms with Crippen LogP contribution in [-0.4, -0.2) is 59.5 Å². The van der Waals surface area contributed by atoms with E-state index in [-0.39, 0.29) is 11.9 Å². The van der Waals surface area contributed by atoms with Crippen molar-refractivity contribution >= 4 is 11.9 Å². The minimum atomic E-state index is -0.384. The van der Waals surface area contributed by atoms with Gasteiger partial charge in [0.15, 0.2) is 0 Å². The molecule has 1 fully saturated rings. The first-order valence-electron chi connectivity index (χ1n) is 8.31. The molecule has 1 saturated heterocycles. The first kappa shape index (κ1) is 17.2. The van der Waals surface area contributed by atoms with E-state index in [9.17, 15) is 9.59 Å². The Balaban J connectivity index is 1.78. The summed E-state index contributed by atoms with van der Waals surface area (Å²) in [6, 6.07) is 7.20. The van der Waals surface area contributed by atoms with Gasteiger partial charge in [0.1, 0.15) is 5.56 Å². The van der Waals surface area contributed by atoms with Crippen LogP contribution in [0.2, 0.25) is 0 Å². The zero-order valence-electron chi connectivity index (χ0n) is 14.4. The number of ether oxygens (including phenoxy) is 2. The van der Waals surface area contributed by atoms with Crippen LogP contribution in [0.15, 0.2) is 30.5 Å². The van der Waals surface area contributed by atoms with Crippen molar-refractivity contribution in [2.24, 2.45) is 0 Å². The molecule has 7 nitrogen and oxygen atoms in total. The van der Waals surface area contributed by atoms with Crippen LogP contribution in [-0.2, 0) is 9.47 Å². The molecule has 0 radical (unpaired) electrons. The van der Waals surface area contributed by atoms with E-state index in [2.05, 4.69) is 5.10 Å². The zero-order valence-corrected chi connectivity index (χ0v) is 14.4. The molecule has 0 spiro atoms. The molecular formula is C18H21N3O4. The van der Waals surface area contributed by atoms with Gasteiger partial charge in [0.2, 0.25) is 0 Å². The predicted molar refractivity (Wildman–Crippen MR) is 91.0 cm³/mol. The zero-order chi connectivity index (χ0) is 17.8. The van der Waals surface area contributed by atoms with Crippen LogP contribution in [0.1, 0.15) is 33.3 Å². The summed E-state index contributed by atoms with van der Waals surface area (Å²) in [4.78, 5) is 26.1. The van der Waals surface area contributed by atoms with Gasteiger partial charge in [0.25, 0.3) is 5.91 Å². The van der Waals surface area contributed by atoms with Gasteiger partial charge in [-0.1, -0.05) is 0 Å². The second kappa shape index (κ2) is 7.48. The maximum Gasteiger partial charge on any atom is 0.341 e. The van der Waals surface area contributed by atoms with Gasteiger partial charge in [-0.05, 0) is 38.1 Å². The van der Waals surface area contributed by atoms with Gasteiger partial charge in [-0.25, -0.2) is 9.48 Å². The predicted octanol–water partition coefficient (Wildman–Crippen LogP) is 1.83. The van der Waals surface area contributed by atoms with E-state index in [1.807, 2.05) is 19.1 Å². The van der Waals surface area contributed by atoms with E-state index in [4.69, 9.17) is 9.47 Å². The second-order valence-corrected chi connectivity index (χ2v) is 5.73. The molecular weight excluding hydrogens is 322 g/mol. The minimum absolute atomic E-state index is 0.000695. The van der Waals surface area contributed by atoms with Gasteiger partial charge in [0, 0.05) is 18.7 Å². The molecule has 2 heterocycles. The molecule has 25 heavy (non-hydrogen) atoms. The van der Waals surface area contributed by atoms with Crippen LogP contribution in [0.25, 0.3) is 5.69 Å². The quantitative estimate of drug-likeness (QED) is 0.792. The second-order valence-electron chi connectivity index (χ2n) is 5.73. The number of carbonyl (C=O) groups is 2. The molecule has 7 heteroatoms. The smallest absolute Gasteiger partial charge is 0.341 e. The van der Waals surface area contributed by atoms with E-state index in [1.165, 1.54) is 6.20 Å². The average molecular weight is 343 g/mol. The summed E-state index contributed by atoms with van der Waals surface area (Å²) in [5.74, 6) is -0.385. The van der Waals surface area contributed by atoms with Crippen molar-refractivity contribution in [3.63, 3.8) is 0 Å². The summed E-state index contributed by atoms with van der Waals surface area (Å²) >= 11 is 0. The fraction of sp³-hybridized carbons (Fsp3) is 0.389. The lowest BCUT2D eigenvalue weighted by Crippen LogP contribution is -2.40. The number of amides is 1. The van der Waals surface area contributed by atoms with Gasteiger partial charge in [0.05, 0.1) is 37.4 Å². The summed E-state index contributed by atoms with van der Waals surface area (Å²) in [6.07, 6.45) is 1.50. The van der Waals surface area contributed by atoms with Gasteiger partial charge in [-0.2, -0.15) is 5.10 Å². The van der Waals surface area contributed by atoms with Crippen molar-refractivity contribution < 1.29 is 19.1 Å². The SMILES string of the molecule is CCOC(=O)c1cnn(-c2ccc(C(=O)N3CCOCC3)cc2)c1C. The highest BCUT2D eigenvalue weighted by Crippen LogP contribution is 2.17. The standard InChI is InChI=1S/C18H21N3O4/c1-3-25-18(23)16-12-19-21(13(16)2)15-6-4-14(5-7-15)17(22)20-8-10-24-11-9-20/h4-7,12H,3,8-11H2,1-2H3. The summed E-state index contributed by atoms with van der Waals surface area (Å²) < 4.78 is 12.0. The molecule has 1 aromatic carbocycles. The molecule has 0 aliphatic carbocycles.